The Morgan fingerprint density at radius 2 is 1.97 bits per heavy atom. The van der Waals surface area contributed by atoms with Crippen LogP contribution in [0, 0.1) is 28.6 Å². The van der Waals surface area contributed by atoms with Crippen LogP contribution in [0.4, 0.5) is 4.39 Å². The van der Waals surface area contributed by atoms with Crippen LogP contribution in [0.3, 0.4) is 0 Å². The van der Waals surface area contributed by atoms with Crippen molar-refractivity contribution in [3.63, 3.8) is 0 Å². The number of carbonyl (C=O) groups excluding carboxylic acids is 3. The quantitative estimate of drug-likeness (QED) is 0.662. The molecule has 0 aromatic heterocycles. The first-order chi connectivity index (χ1) is 14.3. The van der Waals surface area contributed by atoms with Gasteiger partial charge in [-0.25, -0.2) is 4.39 Å². The van der Waals surface area contributed by atoms with Crippen LogP contribution in [0.5, 0.6) is 0 Å². The molecule has 0 spiro atoms. The number of ether oxygens (including phenoxy) is 1. The van der Waals surface area contributed by atoms with E-state index in [1.54, 1.807) is 26.8 Å². The van der Waals surface area contributed by atoms with Gasteiger partial charge in [-0.3, -0.25) is 14.4 Å². The zero-order valence-electron chi connectivity index (χ0n) is 18.5. The van der Waals surface area contributed by atoms with Crippen LogP contribution in [0.25, 0.3) is 0 Å². The number of hydrogen-bond donors (Lipinski definition) is 2. The normalized spacial score (nSPS) is 48.4. The summed E-state index contributed by atoms with van der Waals surface area (Å²) >= 11 is 0. The van der Waals surface area contributed by atoms with Crippen molar-refractivity contribution < 1.29 is 33.7 Å². The van der Waals surface area contributed by atoms with Crippen LogP contribution < -0.4 is 0 Å². The third kappa shape index (κ3) is 2.65. The van der Waals surface area contributed by atoms with Crippen molar-refractivity contribution in [3.05, 3.63) is 23.8 Å². The number of alkyl halides is 1. The third-order valence-electron chi connectivity index (χ3n) is 9.05. The molecule has 0 aliphatic heterocycles. The van der Waals surface area contributed by atoms with Gasteiger partial charge in [0.25, 0.3) is 0 Å². The lowest BCUT2D eigenvalue weighted by atomic mass is 9.44. The molecule has 6 nitrogen and oxygen atoms in total. The lowest BCUT2D eigenvalue weighted by molar-refractivity contribution is -0.219. The average molecular weight is 435 g/mol. The van der Waals surface area contributed by atoms with Gasteiger partial charge < -0.3 is 14.9 Å². The second-order valence-corrected chi connectivity index (χ2v) is 10.4. The van der Waals surface area contributed by atoms with Crippen molar-refractivity contribution in [1.82, 2.24) is 0 Å². The number of halogens is 1. The van der Waals surface area contributed by atoms with Crippen LogP contribution >= 0.6 is 0 Å². The molecule has 3 saturated carbocycles. The number of hydrogen-bond acceptors (Lipinski definition) is 6. The smallest absolute Gasteiger partial charge is 0.303 e. The Balaban J connectivity index is 1.76. The summed E-state index contributed by atoms with van der Waals surface area (Å²) < 4.78 is 21.9. The second-order valence-electron chi connectivity index (χ2n) is 10.4. The molecule has 0 aromatic rings. The maximum absolute atomic E-state index is 17.0. The molecule has 0 amide bonds. The summed E-state index contributed by atoms with van der Waals surface area (Å²) in [5.41, 5.74) is -5.33. The summed E-state index contributed by atoms with van der Waals surface area (Å²) in [5.74, 6) is -2.80. The van der Waals surface area contributed by atoms with Crippen molar-refractivity contribution in [2.24, 2.45) is 28.6 Å². The average Bonchev–Trinajstić information content (AvgIpc) is 2.89. The van der Waals surface area contributed by atoms with Crippen molar-refractivity contribution in [2.75, 3.05) is 6.61 Å². The minimum absolute atomic E-state index is 0.0953. The van der Waals surface area contributed by atoms with E-state index in [0.29, 0.717) is 24.8 Å². The van der Waals surface area contributed by atoms with E-state index >= 15 is 4.39 Å². The van der Waals surface area contributed by atoms with Gasteiger partial charge in [0, 0.05) is 23.7 Å². The Labute approximate surface area is 181 Å². The number of aliphatic hydroxyl groups excluding tert-OH is 1. The topological polar surface area (TPSA) is 101 Å². The predicted octanol–water partition coefficient (Wildman–Crippen LogP) is 2.47. The Bertz CT molecular complexity index is 910. The fraction of sp³-hybridized carbons (Fsp3) is 0.708. The first-order valence-electron chi connectivity index (χ1n) is 11.0. The van der Waals surface area contributed by atoms with Gasteiger partial charge in [-0.05, 0) is 56.6 Å². The first-order valence-corrected chi connectivity index (χ1v) is 11.0. The molecule has 0 heterocycles. The molecule has 8 atom stereocenters. The molecule has 4 rings (SSSR count). The van der Waals surface area contributed by atoms with Crippen molar-refractivity contribution in [1.29, 1.82) is 0 Å². The van der Waals surface area contributed by atoms with E-state index in [2.05, 4.69) is 0 Å². The van der Waals surface area contributed by atoms with E-state index in [1.165, 1.54) is 19.1 Å². The summed E-state index contributed by atoms with van der Waals surface area (Å²) in [7, 11) is 0. The van der Waals surface area contributed by atoms with Gasteiger partial charge in [-0.1, -0.05) is 25.5 Å². The summed E-state index contributed by atoms with van der Waals surface area (Å²) in [5, 5.41) is 22.9. The van der Waals surface area contributed by atoms with Gasteiger partial charge in [0.05, 0.1) is 6.10 Å². The van der Waals surface area contributed by atoms with Gasteiger partial charge in [-0.2, -0.15) is 0 Å². The van der Waals surface area contributed by atoms with Crippen molar-refractivity contribution in [2.45, 2.75) is 70.8 Å². The summed E-state index contributed by atoms with van der Waals surface area (Å²) in [6.07, 6.45) is 4.29. The maximum Gasteiger partial charge on any atom is 0.303 e. The van der Waals surface area contributed by atoms with Crippen molar-refractivity contribution in [3.8, 4) is 0 Å². The molecule has 3 fully saturated rings. The Hall–Kier alpha value is -1.86. The number of esters is 1. The highest BCUT2D eigenvalue weighted by Gasteiger charge is 2.75. The maximum atomic E-state index is 17.0. The molecule has 170 valence electrons. The van der Waals surface area contributed by atoms with Gasteiger partial charge in [0.1, 0.15) is 5.60 Å². The van der Waals surface area contributed by atoms with E-state index in [9.17, 15) is 24.6 Å². The number of rotatable bonds is 3. The molecule has 31 heavy (non-hydrogen) atoms. The summed E-state index contributed by atoms with van der Waals surface area (Å²) in [6.45, 7) is 5.89. The summed E-state index contributed by atoms with van der Waals surface area (Å²) in [4.78, 5) is 36.2. The number of fused-ring (bicyclic) bond motifs is 5. The molecule has 4 aliphatic carbocycles. The van der Waals surface area contributed by atoms with E-state index in [-0.39, 0.29) is 18.1 Å². The standard InChI is InChI=1S/C24H31FO6/c1-13-9-18-17-6-5-15-10-16(27)7-8-21(15,3)23(17,25)19(28)11-22(18,4)24(13,30)20(29)12-31-14(2)26/h7-8,10,13,17-19,28,30H,5-6,9,11-12H2,1-4H3/t13-,17+,18+,19+,21+,22+,23+,24-/m1/s1. The Kier molecular flexibility index (Phi) is 4.91. The molecule has 4 aliphatic rings. The minimum Gasteiger partial charge on any atom is -0.458 e. The van der Waals surface area contributed by atoms with Crippen LogP contribution in [0.2, 0.25) is 0 Å². The molecule has 0 bridgehead atoms. The third-order valence-corrected chi connectivity index (χ3v) is 9.05. The highest BCUT2D eigenvalue weighted by Crippen LogP contribution is 2.70. The van der Waals surface area contributed by atoms with Crippen LogP contribution in [-0.4, -0.2) is 51.7 Å². The van der Waals surface area contributed by atoms with E-state index < -0.39 is 58.4 Å². The molecule has 0 unspecified atom stereocenters. The van der Waals surface area contributed by atoms with E-state index in [1.807, 2.05) is 0 Å². The number of ketones is 2. The monoisotopic (exact) mass is 434 g/mol. The number of Topliss-reactive ketones (excluding diaryl/α,β-unsaturated/α-hetero) is 1. The number of aliphatic hydroxyl groups is 2. The highest BCUT2D eigenvalue weighted by molar-refractivity contribution is 6.01. The van der Waals surface area contributed by atoms with Crippen molar-refractivity contribution >= 4 is 17.5 Å². The number of carbonyl (C=O) groups is 3. The Morgan fingerprint density at radius 1 is 1.29 bits per heavy atom. The van der Waals surface area contributed by atoms with Crippen LogP contribution in [0.15, 0.2) is 23.8 Å². The molecule has 0 aromatic carbocycles. The largest absolute Gasteiger partial charge is 0.458 e. The summed E-state index contributed by atoms with van der Waals surface area (Å²) in [6, 6.07) is 0. The van der Waals surface area contributed by atoms with Gasteiger partial charge in [-0.15, -0.1) is 0 Å². The van der Waals surface area contributed by atoms with Gasteiger partial charge >= 0.3 is 5.97 Å². The van der Waals surface area contributed by atoms with Crippen LogP contribution in [-0.2, 0) is 19.1 Å². The molecule has 0 saturated heterocycles. The first kappa shape index (κ1) is 22.3. The molecular weight excluding hydrogens is 403 g/mol. The zero-order valence-corrected chi connectivity index (χ0v) is 18.5. The zero-order chi connectivity index (χ0) is 23.0. The molecule has 7 heteroatoms. The predicted molar refractivity (Wildman–Crippen MR) is 109 cm³/mol. The number of allylic oxidation sites excluding steroid dienone is 4. The van der Waals surface area contributed by atoms with E-state index in [0.717, 1.165) is 0 Å². The van der Waals surface area contributed by atoms with Gasteiger partial charge in [0.2, 0.25) is 5.78 Å². The SMILES string of the molecule is CC(=O)OCC(=O)[C@]1(O)[C@H](C)C[C@H]2[C@@H]3CCC4=CC(=O)C=C[C@]4(C)[C@@]3(F)[C@@H](O)C[C@@]21C. The Morgan fingerprint density at radius 3 is 2.61 bits per heavy atom. The lowest BCUT2D eigenvalue weighted by Gasteiger charge is -2.62. The van der Waals surface area contributed by atoms with Crippen LogP contribution in [0.1, 0.15) is 53.4 Å². The molecule has 2 N–H and O–H groups in total. The second kappa shape index (κ2) is 6.82. The van der Waals surface area contributed by atoms with Gasteiger partial charge in [0.15, 0.2) is 18.1 Å². The molecule has 0 radical (unpaired) electrons. The molecular formula is C24H31FO6. The fourth-order valence-electron chi connectivity index (χ4n) is 7.42. The minimum atomic E-state index is -2.01. The highest BCUT2D eigenvalue weighted by atomic mass is 19.1. The fourth-order valence-corrected chi connectivity index (χ4v) is 7.42. The van der Waals surface area contributed by atoms with E-state index in [4.69, 9.17) is 4.74 Å². The lowest BCUT2D eigenvalue weighted by Crippen LogP contribution is -2.69.